The van der Waals surface area contributed by atoms with Gasteiger partial charge in [0, 0.05) is 39.2 Å². The molecule has 1 aliphatic heterocycles. The number of nitrogens with zero attached hydrogens (tertiary/aromatic N) is 5. The van der Waals surface area contributed by atoms with Crippen LogP contribution in [0, 0.1) is 5.82 Å². The van der Waals surface area contributed by atoms with Gasteiger partial charge in [-0.3, -0.25) is 14.7 Å². The molecule has 1 fully saturated rings. The van der Waals surface area contributed by atoms with Crippen LogP contribution in [-0.4, -0.2) is 83.3 Å². The van der Waals surface area contributed by atoms with E-state index in [9.17, 15) is 34.4 Å². The van der Waals surface area contributed by atoms with E-state index in [1.165, 1.54) is 18.6 Å². The van der Waals surface area contributed by atoms with Crippen molar-refractivity contribution in [1.29, 1.82) is 0 Å². The van der Waals surface area contributed by atoms with Crippen LogP contribution in [0.25, 0.3) is 5.65 Å². The van der Waals surface area contributed by atoms with Crippen molar-refractivity contribution in [1.82, 2.24) is 24.5 Å². The molecule has 0 radical (unpaired) electrons. The van der Waals surface area contributed by atoms with Crippen molar-refractivity contribution >= 4 is 17.4 Å². The molecule has 1 amide bonds. The van der Waals surface area contributed by atoms with Crippen molar-refractivity contribution in [2.75, 3.05) is 31.6 Å². The molecule has 4 rings (SSSR count). The van der Waals surface area contributed by atoms with Crippen LogP contribution in [0.2, 0.25) is 0 Å². The standard InChI is InChI=1S/C12H16FN3O.C9H11N3O5/c1-15(11-5-4-10(13)9-14-11)7-8-16-6-2-3-12(16)17;1-8(14,15)9(16,17)5-2-3-6(13)12-7(5)10-4-11-12/h4-5,9H,2-3,6-8H2,1H3;2-4,14-17H,1H3,(H,10,11). The van der Waals surface area contributed by atoms with Crippen LogP contribution in [0.3, 0.4) is 0 Å². The molecule has 0 aliphatic carbocycles. The summed E-state index contributed by atoms with van der Waals surface area (Å²) in [5.74, 6) is -5.15. The third-order valence-electron chi connectivity index (χ3n) is 5.45. The smallest absolute Gasteiger partial charge is 0.271 e. The van der Waals surface area contributed by atoms with Crippen molar-refractivity contribution in [3.63, 3.8) is 0 Å². The van der Waals surface area contributed by atoms with Crippen LogP contribution in [0.1, 0.15) is 25.3 Å². The van der Waals surface area contributed by atoms with Crippen molar-refractivity contribution in [3.8, 4) is 0 Å². The second kappa shape index (κ2) is 9.85. The van der Waals surface area contributed by atoms with Crippen molar-refractivity contribution in [2.24, 2.45) is 0 Å². The highest BCUT2D eigenvalue weighted by Crippen LogP contribution is 2.29. The number of fused-ring (bicyclic) bond motifs is 1. The monoisotopic (exact) mass is 478 g/mol. The number of rotatable bonds is 6. The zero-order chi connectivity index (χ0) is 25.1. The number of carbonyl (C=O) groups excluding carboxylic acids is 1. The predicted octanol–water partition coefficient (Wildman–Crippen LogP) is -0.860. The van der Waals surface area contributed by atoms with E-state index in [2.05, 4.69) is 15.1 Å². The molecule has 0 aromatic carbocycles. The lowest BCUT2D eigenvalue weighted by molar-refractivity contribution is -0.357. The van der Waals surface area contributed by atoms with Crippen molar-refractivity contribution in [2.45, 2.75) is 31.3 Å². The molecule has 3 aromatic rings. The number of H-pyrrole nitrogens is 1. The fraction of sp³-hybridized carbons (Fsp3) is 0.429. The number of hydrogen-bond acceptors (Lipinski definition) is 9. The Hall–Kier alpha value is -3.39. The number of pyridine rings is 2. The Balaban J connectivity index is 0.000000191. The van der Waals surface area contributed by atoms with Gasteiger partial charge in [0.1, 0.15) is 18.0 Å². The Kier molecular flexibility index (Phi) is 7.31. The molecule has 184 valence electrons. The summed E-state index contributed by atoms with van der Waals surface area (Å²) in [6.07, 6.45) is 3.99. The number of carbonyl (C=O) groups is 1. The fourth-order valence-corrected chi connectivity index (χ4v) is 3.38. The highest BCUT2D eigenvalue weighted by Gasteiger charge is 2.46. The first kappa shape index (κ1) is 25.2. The van der Waals surface area contributed by atoms with Crippen LogP contribution in [0.5, 0.6) is 0 Å². The molecule has 0 saturated carbocycles. The predicted molar refractivity (Wildman–Crippen MR) is 118 cm³/mol. The average Bonchev–Trinajstić information content (AvgIpc) is 3.42. The number of amides is 1. The number of aromatic nitrogens is 4. The molecule has 4 heterocycles. The Morgan fingerprint density at radius 1 is 1.15 bits per heavy atom. The summed E-state index contributed by atoms with van der Waals surface area (Å²) in [7, 11) is 1.89. The van der Waals surface area contributed by atoms with Crippen molar-refractivity contribution in [3.05, 3.63) is 58.5 Å². The summed E-state index contributed by atoms with van der Waals surface area (Å²) in [6.45, 7) is 3.07. The number of anilines is 1. The lowest BCUT2D eigenvalue weighted by Crippen LogP contribution is -2.50. The second-order valence-electron chi connectivity index (χ2n) is 8.07. The maximum Gasteiger partial charge on any atom is 0.271 e. The highest BCUT2D eigenvalue weighted by molar-refractivity contribution is 5.78. The summed E-state index contributed by atoms with van der Waals surface area (Å²) in [4.78, 5) is 34.3. The first-order chi connectivity index (χ1) is 15.9. The van der Waals surface area contributed by atoms with E-state index in [0.29, 0.717) is 19.5 Å². The number of nitrogens with one attached hydrogen (secondary N) is 1. The van der Waals surface area contributed by atoms with Gasteiger partial charge >= 0.3 is 0 Å². The topological polar surface area (TPSA) is 168 Å². The Bertz CT molecular complexity index is 1190. The lowest BCUT2D eigenvalue weighted by atomic mass is 9.99. The van der Waals surface area contributed by atoms with Gasteiger partial charge in [-0.25, -0.2) is 14.4 Å². The van der Waals surface area contributed by atoms with Crippen LogP contribution in [0.4, 0.5) is 10.2 Å². The number of likely N-dealkylation sites (N-methyl/N-ethyl adjacent to an activating group) is 1. The maximum absolute atomic E-state index is 12.7. The first-order valence-corrected chi connectivity index (χ1v) is 10.5. The van der Waals surface area contributed by atoms with Gasteiger partial charge in [-0.1, -0.05) is 0 Å². The largest absolute Gasteiger partial charge is 0.361 e. The molecule has 13 heteroatoms. The molecule has 1 aliphatic rings. The molecule has 3 aromatic heterocycles. The number of aromatic amines is 1. The zero-order valence-electron chi connectivity index (χ0n) is 18.7. The van der Waals surface area contributed by atoms with Gasteiger partial charge in [0.25, 0.3) is 5.56 Å². The number of hydrogen-bond donors (Lipinski definition) is 5. The molecular weight excluding hydrogens is 451 g/mol. The van der Waals surface area contributed by atoms with Gasteiger partial charge in [-0.2, -0.15) is 4.52 Å². The third kappa shape index (κ3) is 5.39. The molecule has 12 nitrogen and oxygen atoms in total. The van der Waals surface area contributed by atoms with E-state index in [4.69, 9.17) is 0 Å². The number of aliphatic hydroxyl groups is 4. The molecule has 1 saturated heterocycles. The average molecular weight is 478 g/mol. The van der Waals surface area contributed by atoms with E-state index in [-0.39, 0.29) is 22.9 Å². The van der Waals surface area contributed by atoms with E-state index in [0.717, 1.165) is 42.4 Å². The van der Waals surface area contributed by atoms with Crippen LogP contribution in [0.15, 0.2) is 41.6 Å². The van der Waals surface area contributed by atoms with Gasteiger partial charge in [-0.05, 0) is 31.5 Å². The molecule has 0 bridgehead atoms. The number of halogens is 1. The first-order valence-electron chi connectivity index (χ1n) is 10.5. The van der Waals surface area contributed by atoms with Crippen LogP contribution >= 0.6 is 0 Å². The highest BCUT2D eigenvalue weighted by atomic mass is 19.1. The SMILES string of the molecule is CC(O)(O)C(O)(O)c1ccc(=O)n2[nH]cnc12.CN(CCN1CCCC1=O)c1ccc(F)cn1. The normalized spacial score (nSPS) is 14.3. The maximum atomic E-state index is 12.7. The summed E-state index contributed by atoms with van der Waals surface area (Å²) >= 11 is 0. The van der Waals surface area contributed by atoms with Gasteiger partial charge in [0.2, 0.25) is 17.5 Å². The molecule has 0 unspecified atom stereocenters. The van der Waals surface area contributed by atoms with Gasteiger partial charge in [-0.15, -0.1) is 0 Å². The summed E-state index contributed by atoms with van der Waals surface area (Å²) in [5, 5.41) is 40.5. The molecule has 0 atom stereocenters. The lowest BCUT2D eigenvalue weighted by Gasteiger charge is -2.32. The van der Waals surface area contributed by atoms with Gasteiger partial charge in [0.15, 0.2) is 5.65 Å². The minimum absolute atomic E-state index is 0.100. The van der Waals surface area contributed by atoms with Crippen LogP contribution in [-0.2, 0) is 10.6 Å². The second-order valence-corrected chi connectivity index (χ2v) is 8.07. The minimum atomic E-state index is -2.96. The van der Waals surface area contributed by atoms with E-state index >= 15 is 0 Å². The van der Waals surface area contributed by atoms with Crippen molar-refractivity contribution < 1.29 is 29.6 Å². The summed E-state index contributed by atoms with van der Waals surface area (Å²) in [5.41, 5.74) is -0.864. The van der Waals surface area contributed by atoms with Gasteiger partial charge in [0.05, 0.1) is 11.8 Å². The minimum Gasteiger partial charge on any atom is -0.361 e. The van der Waals surface area contributed by atoms with E-state index in [1.54, 1.807) is 6.07 Å². The molecule has 0 spiro atoms. The third-order valence-corrected chi connectivity index (χ3v) is 5.45. The zero-order valence-corrected chi connectivity index (χ0v) is 18.7. The quantitative estimate of drug-likeness (QED) is 0.283. The van der Waals surface area contributed by atoms with Crippen LogP contribution < -0.4 is 10.5 Å². The summed E-state index contributed by atoms with van der Waals surface area (Å²) in [6, 6.07) is 5.15. The Morgan fingerprint density at radius 3 is 2.47 bits per heavy atom. The fourth-order valence-electron chi connectivity index (χ4n) is 3.38. The van der Waals surface area contributed by atoms with Gasteiger partial charge < -0.3 is 30.2 Å². The Labute approximate surface area is 193 Å². The molecular formula is C21H27FN6O6. The Morgan fingerprint density at radius 2 is 1.88 bits per heavy atom. The van der Waals surface area contributed by atoms with E-state index in [1.807, 2.05) is 16.8 Å². The van der Waals surface area contributed by atoms with E-state index < -0.39 is 17.1 Å². The number of likely N-dealkylation sites (tertiary alicyclic amines) is 1. The summed E-state index contributed by atoms with van der Waals surface area (Å²) < 4.78 is 13.6. The molecule has 5 N–H and O–H groups in total. The molecule has 34 heavy (non-hydrogen) atoms.